The number of alkyl halides is 1. The van der Waals surface area contributed by atoms with Crippen LogP contribution < -0.4 is 4.74 Å². The molecule has 0 amide bonds. The van der Waals surface area contributed by atoms with Crippen LogP contribution in [-0.2, 0) is 0 Å². The summed E-state index contributed by atoms with van der Waals surface area (Å²) >= 11 is 14.3. The van der Waals surface area contributed by atoms with Gasteiger partial charge < -0.3 is 4.74 Å². The fourth-order valence-corrected chi connectivity index (χ4v) is 5.72. The molecule has 106 valence electrons. The molecule has 1 fully saturated rings. The van der Waals surface area contributed by atoms with Gasteiger partial charge in [0.1, 0.15) is 5.75 Å². The van der Waals surface area contributed by atoms with E-state index in [1.165, 1.54) is 32.1 Å². The summed E-state index contributed by atoms with van der Waals surface area (Å²) in [5.41, 5.74) is 0.296. The Balaban J connectivity index is 2.09. The van der Waals surface area contributed by atoms with Gasteiger partial charge in [0.2, 0.25) is 0 Å². The van der Waals surface area contributed by atoms with Gasteiger partial charge in [-0.05, 0) is 56.8 Å². The lowest BCUT2D eigenvalue weighted by atomic mass is 9.76. The lowest BCUT2D eigenvalue weighted by molar-refractivity contribution is 0.121. The first-order valence-electron chi connectivity index (χ1n) is 6.40. The zero-order valence-corrected chi connectivity index (χ0v) is 16.9. The van der Waals surface area contributed by atoms with Crippen molar-refractivity contribution in [3.63, 3.8) is 0 Å². The number of ether oxygens (including phenoxy) is 1. The minimum Gasteiger partial charge on any atom is -0.491 e. The van der Waals surface area contributed by atoms with Crippen LogP contribution in [0, 0.1) is 5.41 Å². The molecule has 5 heteroatoms. The maximum Gasteiger partial charge on any atom is 0.147 e. The van der Waals surface area contributed by atoms with Crippen LogP contribution in [0.25, 0.3) is 0 Å². The predicted octanol–water partition coefficient (Wildman–Crippen LogP) is 6.70. The Morgan fingerprint density at radius 2 is 1.58 bits per heavy atom. The zero-order valence-electron chi connectivity index (χ0n) is 10.5. The number of hydrogen-bond acceptors (Lipinski definition) is 1. The molecule has 2 rings (SSSR count). The minimum atomic E-state index is 0.296. The summed E-state index contributed by atoms with van der Waals surface area (Å²) in [5, 5.41) is 1.02. The molecule has 0 saturated heterocycles. The van der Waals surface area contributed by atoms with Crippen molar-refractivity contribution in [1.29, 1.82) is 0 Å². The highest BCUT2D eigenvalue weighted by Gasteiger charge is 2.32. The van der Waals surface area contributed by atoms with Gasteiger partial charge in [-0.15, -0.1) is 0 Å². The van der Waals surface area contributed by atoms with E-state index in [9.17, 15) is 0 Å². The maximum atomic E-state index is 6.11. The fourth-order valence-electron chi connectivity index (χ4n) is 2.51. The SMILES string of the molecule is BrCC1(COc2c(Br)cc(Br)cc2Br)CCCCC1. The van der Waals surface area contributed by atoms with E-state index in [2.05, 4.69) is 63.7 Å². The smallest absolute Gasteiger partial charge is 0.147 e. The first-order chi connectivity index (χ1) is 9.06. The van der Waals surface area contributed by atoms with Crippen molar-refractivity contribution in [2.24, 2.45) is 5.41 Å². The van der Waals surface area contributed by atoms with Crippen molar-refractivity contribution in [3.8, 4) is 5.75 Å². The molecular weight excluding hydrogens is 504 g/mol. The molecule has 0 N–H and O–H groups in total. The Bertz CT molecular complexity index is 418. The lowest BCUT2D eigenvalue weighted by Gasteiger charge is -2.35. The molecule has 1 aromatic carbocycles. The topological polar surface area (TPSA) is 9.23 Å². The Labute approximate surface area is 148 Å². The third-order valence-electron chi connectivity index (χ3n) is 3.68. The largest absolute Gasteiger partial charge is 0.491 e. The van der Waals surface area contributed by atoms with Gasteiger partial charge in [-0.25, -0.2) is 0 Å². The monoisotopic (exact) mass is 516 g/mol. The molecule has 0 radical (unpaired) electrons. The van der Waals surface area contributed by atoms with Crippen LogP contribution in [0.5, 0.6) is 5.75 Å². The van der Waals surface area contributed by atoms with Crippen LogP contribution in [0.2, 0.25) is 0 Å². The molecule has 0 unspecified atom stereocenters. The van der Waals surface area contributed by atoms with Crippen LogP contribution in [0.3, 0.4) is 0 Å². The maximum absolute atomic E-state index is 6.11. The standard InChI is InChI=1S/C14H16Br4O/c15-8-14(4-2-1-3-5-14)9-19-13-11(17)6-10(16)7-12(13)18/h6-7H,1-5,8-9H2. The first-order valence-corrected chi connectivity index (χ1v) is 9.90. The third-order valence-corrected chi connectivity index (χ3v) is 6.51. The molecule has 0 spiro atoms. The van der Waals surface area contributed by atoms with E-state index in [-0.39, 0.29) is 0 Å². The molecule has 1 aliphatic rings. The molecule has 0 atom stereocenters. The van der Waals surface area contributed by atoms with E-state index in [1.807, 2.05) is 12.1 Å². The van der Waals surface area contributed by atoms with E-state index in [0.717, 1.165) is 31.1 Å². The third kappa shape index (κ3) is 4.21. The van der Waals surface area contributed by atoms with Gasteiger partial charge in [-0.2, -0.15) is 0 Å². The van der Waals surface area contributed by atoms with Gasteiger partial charge in [0.25, 0.3) is 0 Å². The molecule has 1 saturated carbocycles. The van der Waals surface area contributed by atoms with Gasteiger partial charge in [-0.1, -0.05) is 51.1 Å². The van der Waals surface area contributed by atoms with E-state index < -0.39 is 0 Å². The Morgan fingerprint density at radius 3 is 2.11 bits per heavy atom. The van der Waals surface area contributed by atoms with Gasteiger partial charge in [0.05, 0.1) is 15.6 Å². The van der Waals surface area contributed by atoms with Crippen LogP contribution >= 0.6 is 63.7 Å². The van der Waals surface area contributed by atoms with E-state index in [4.69, 9.17) is 4.74 Å². The van der Waals surface area contributed by atoms with E-state index in [0.29, 0.717) is 5.41 Å². The normalized spacial score (nSPS) is 18.3. The summed E-state index contributed by atoms with van der Waals surface area (Å²) in [7, 11) is 0. The molecule has 1 nitrogen and oxygen atoms in total. The molecule has 1 aromatic rings. The highest BCUT2D eigenvalue weighted by molar-refractivity contribution is 9.11. The Morgan fingerprint density at radius 1 is 1.00 bits per heavy atom. The second-order valence-corrected chi connectivity index (χ2v) is 8.37. The highest BCUT2D eigenvalue weighted by Crippen LogP contribution is 2.41. The van der Waals surface area contributed by atoms with Gasteiger partial charge in [-0.3, -0.25) is 0 Å². The van der Waals surface area contributed by atoms with Gasteiger partial charge >= 0.3 is 0 Å². The van der Waals surface area contributed by atoms with Crippen molar-refractivity contribution in [3.05, 3.63) is 25.6 Å². The number of rotatable bonds is 4. The van der Waals surface area contributed by atoms with Crippen molar-refractivity contribution < 1.29 is 4.74 Å². The van der Waals surface area contributed by atoms with Crippen molar-refractivity contribution >= 4 is 63.7 Å². The number of hydrogen-bond donors (Lipinski definition) is 0. The quantitative estimate of drug-likeness (QED) is 0.402. The van der Waals surface area contributed by atoms with Gasteiger partial charge in [0, 0.05) is 15.2 Å². The van der Waals surface area contributed by atoms with E-state index in [1.54, 1.807) is 0 Å². The molecule has 19 heavy (non-hydrogen) atoms. The van der Waals surface area contributed by atoms with Crippen molar-refractivity contribution in [2.75, 3.05) is 11.9 Å². The average Bonchev–Trinajstić information content (AvgIpc) is 2.38. The number of halogens is 4. The van der Waals surface area contributed by atoms with Crippen LogP contribution in [0.4, 0.5) is 0 Å². The zero-order chi connectivity index (χ0) is 13.9. The molecule has 1 aliphatic carbocycles. The predicted molar refractivity (Wildman–Crippen MR) is 94.3 cm³/mol. The highest BCUT2D eigenvalue weighted by atomic mass is 79.9. The van der Waals surface area contributed by atoms with E-state index >= 15 is 0 Å². The molecule has 0 bridgehead atoms. The minimum absolute atomic E-state index is 0.296. The second-order valence-electron chi connectivity index (χ2n) is 5.18. The molecule has 0 aliphatic heterocycles. The first kappa shape index (κ1) is 16.3. The Hall–Kier alpha value is 0.940. The van der Waals surface area contributed by atoms with Crippen LogP contribution in [0.15, 0.2) is 25.6 Å². The summed E-state index contributed by atoms with van der Waals surface area (Å²) in [5.74, 6) is 0.897. The van der Waals surface area contributed by atoms with Crippen molar-refractivity contribution in [2.45, 2.75) is 32.1 Å². The summed E-state index contributed by atoms with van der Waals surface area (Å²) in [6, 6.07) is 4.03. The van der Waals surface area contributed by atoms with Gasteiger partial charge in [0.15, 0.2) is 0 Å². The summed E-state index contributed by atoms with van der Waals surface area (Å²) in [6.45, 7) is 0.775. The van der Waals surface area contributed by atoms with Crippen LogP contribution in [0.1, 0.15) is 32.1 Å². The molecule has 0 aromatic heterocycles. The molecule has 0 heterocycles. The Kier molecular flexibility index (Phi) is 6.25. The summed E-state index contributed by atoms with van der Waals surface area (Å²) < 4.78 is 9.11. The molecular formula is C14H16Br4O. The van der Waals surface area contributed by atoms with Crippen LogP contribution in [-0.4, -0.2) is 11.9 Å². The van der Waals surface area contributed by atoms with Crippen molar-refractivity contribution in [1.82, 2.24) is 0 Å². The lowest BCUT2D eigenvalue weighted by Crippen LogP contribution is -2.32. The summed E-state index contributed by atoms with van der Waals surface area (Å²) in [4.78, 5) is 0. The fraction of sp³-hybridized carbons (Fsp3) is 0.571. The summed E-state index contributed by atoms with van der Waals surface area (Å²) in [6.07, 6.45) is 6.50. The number of benzene rings is 1. The average molecular weight is 520 g/mol. The second kappa shape index (κ2) is 7.28.